The predicted octanol–water partition coefficient (Wildman–Crippen LogP) is 2.23. The Bertz CT molecular complexity index is 1510. The fourth-order valence-corrected chi connectivity index (χ4v) is 3.43. The molecule has 0 saturated heterocycles. The van der Waals surface area contributed by atoms with Crippen molar-refractivity contribution in [2.75, 3.05) is 7.11 Å². The van der Waals surface area contributed by atoms with Gasteiger partial charge in [0.1, 0.15) is 16.9 Å². The maximum Gasteiger partial charge on any atom is 0.276 e. The van der Waals surface area contributed by atoms with Crippen molar-refractivity contribution < 1.29 is 4.74 Å². The zero-order valence-corrected chi connectivity index (χ0v) is 16.1. The van der Waals surface area contributed by atoms with E-state index in [4.69, 9.17) is 4.74 Å². The highest BCUT2D eigenvalue weighted by Crippen LogP contribution is 2.23. The number of pyridine rings is 1. The third kappa shape index (κ3) is 3.04. The van der Waals surface area contributed by atoms with Crippen LogP contribution in [0.15, 0.2) is 82.8 Å². The molecule has 1 aromatic carbocycles. The van der Waals surface area contributed by atoms with E-state index in [-0.39, 0.29) is 17.7 Å². The zero-order valence-electron chi connectivity index (χ0n) is 16.1. The fraction of sp³-hybridized carbons (Fsp3) is 0.0909. The van der Waals surface area contributed by atoms with Crippen molar-refractivity contribution >= 4 is 11.2 Å². The molecule has 4 heterocycles. The number of rotatable bonds is 4. The van der Waals surface area contributed by atoms with Gasteiger partial charge >= 0.3 is 0 Å². The van der Waals surface area contributed by atoms with E-state index in [0.717, 1.165) is 11.3 Å². The van der Waals surface area contributed by atoms with Gasteiger partial charge in [-0.3, -0.25) is 14.0 Å². The molecular weight excluding hydrogens is 382 g/mol. The largest absolute Gasteiger partial charge is 0.497 e. The van der Waals surface area contributed by atoms with Gasteiger partial charge in [0.2, 0.25) is 0 Å². The van der Waals surface area contributed by atoms with Gasteiger partial charge in [0.15, 0.2) is 0 Å². The molecule has 0 fully saturated rings. The first kappa shape index (κ1) is 17.9. The highest BCUT2D eigenvalue weighted by atomic mass is 16.5. The minimum Gasteiger partial charge on any atom is -0.497 e. The summed E-state index contributed by atoms with van der Waals surface area (Å²) in [6, 6.07) is 16.0. The lowest BCUT2D eigenvalue weighted by atomic mass is 10.1. The molecule has 4 aromatic heterocycles. The molecule has 5 rings (SSSR count). The third-order valence-corrected chi connectivity index (χ3v) is 4.93. The van der Waals surface area contributed by atoms with E-state index in [1.54, 1.807) is 48.4 Å². The van der Waals surface area contributed by atoms with Crippen LogP contribution in [0.25, 0.3) is 22.4 Å². The van der Waals surface area contributed by atoms with Crippen LogP contribution < -0.4 is 15.9 Å². The summed E-state index contributed by atoms with van der Waals surface area (Å²) in [6.07, 6.45) is 5.03. The van der Waals surface area contributed by atoms with Gasteiger partial charge in [-0.05, 0) is 30.3 Å². The van der Waals surface area contributed by atoms with Crippen LogP contribution in [-0.2, 0) is 6.54 Å². The monoisotopic (exact) mass is 399 g/mol. The van der Waals surface area contributed by atoms with Gasteiger partial charge in [-0.15, -0.1) is 0 Å². The lowest BCUT2D eigenvalue weighted by Gasteiger charge is -2.07. The summed E-state index contributed by atoms with van der Waals surface area (Å²) in [5, 5.41) is 4.50. The van der Waals surface area contributed by atoms with Crippen molar-refractivity contribution in [3.8, 4) is 17.0 Å². The molecule has 0 aliphatic carbocycles. The molecule has 0 saturated carbocycles. The van der Waals surface area contributed by atoms with Crippen molar-refractivity contribution in [2.45, 2.75) is 6.54 Å². The molecule has 0 radical (unpaired) electrons. The highest BCUT2D eigenvalue weighted by molar-refractivity contribution is 5.66. The summed E-state index contributed by atoms with van der Waals surface area (Å²) >= 11 is 0. The molecule has 0 unspecified atom stereocenters. The Morgan fingerprint density at radius 3 is 2.73 bits per heavy atom. The summed E-state index contributed by atoms with van der Waals surface area (Å²) in [4.78, 5) is 29.8. The van der Waals surface area contributed by atoms with E-state index < -0.39 is 0 Å². The number of nitrogens with zero attached hydrogens (tertiary/aromatic N) is 5. The van der Waals surface area contributed by atoms with Crippen molar-refractivity contribution in [3.05, 3.63) is 99.6 Å². The van der Waals surface area contributed by atoms with E-state index in [0.29, 0.717) is 22.6 Å². The second-order valence-electron chi connectivity index (χ2n) is 6.84. The predicted molar refractivity (Wildman–Crippen MR) is 112 cm³/mol. The maximum absolute atomic E-state index is 13.0. The standard InChI is InChI=1S/C22H17N5O3/c1-30-17-6-4-5-15(11-17)18-13-19-22(29)25(9-10-27(19)24-18)14-16-12-21(28)26-8-3-2-7-20(26)23-16/h2-13H,14H2,1H3. The smallest absolute Gasteiger partial charge is 0.276 e. The molecule has 0 bridgehead atoms. The Labute approximate surface area is 170 Å². The Hall–Kier alpha value is -4.20. The van der Waals surface area contributed by atoms with Crippen LogP contribution in [0.5, 0.6) is 5.75 Å². The zero-order chi connectivity index (χ0) is 20.7. The minimum absolute atomic E-state index is 0.186. The molecule has 8 heteroatoms. The third-order valence-electron chi connectivity index (χ3n) is 4.93. The molecule has 8 nitrogen and oxygen atoms in total. The van der Waals surface area contributed by atoms with Crippen LogP contribution in [-0.4, -0.2) is 30.7 Å². The van der Waals surface area contributed by atoms with Gasteiger partial charge in [-0.25, -0.2) is 9.50 Å². The highest BCUT2D eigenvalue weighted by Gasteiger charge is 2.11. The molecule has 5 aromatic rings. The Kier molecular flexibility index (Phi) is 4.17. The lowest BCUT2D eigenvalue weighted by Crippen LogP contribution is -2.24. The number of hydrogen-bond acceptors (Lipinski definition) is 5. The molecular formula is C22H17N5O3. The van der Waals surface area contributed by atoms with Crippen LogP contribution in [0, 0.1) is 0 Å². The molecule has 0 aliphatic rings. The second kappa shape index (κ2) is 7.00. The van der Waals surface area contributed by atoms with Gasteiger partial charge in [0.25, 0.3) is 11.1 Å². The van der Waals surface area contributed by atoms with Crippen LogP contribution in [0.3, 0.4) is 0 Å². The topological polar surface area (TPSA) is 82.9 Å². The van der Waals surface area contributed by atoms with Crippen LogP contribution in [0.1, 0.15) is 5.69 Å². The lowest BCUT2D eigenvalue weighted by molar-refractivity contribution is 0.415. The summed E-state index contributed by atoms with van der Waals surface area (Å²) in [7, 11) is 1.61. The summed E-state index contributed by atoms with van der Waals surface area (Å²) < 4.78 is 9.80. The Balaban J connectivity index is 1.55. The van der Waals surface area contributed by atoms with Crippen molar-refractivity contribution in [2.24, 2.45) is 0 Å². The van der Waals surface area contributed by atoms with Gasteiger partial charge in [-0.1, -0.05) is 18.2 Å². The van der Waals surface area contributed by atoms with E-state index >= 15 is 0 Å². The number of ether oxygens (including phenoxy) is 1. The Morgan fingerprint density at radius 2 is 1.87 bits per heavy atom. The average Bonchev–Trinajstić information content (AvgIpc) is 3.21. The number of benzene rings is 1. The average molecular weight is 399 g/mol. The van der Waals surface area contributed by atoms with Gasteiger partial charge in [0, 0.05) is 30.2 Å². The molecule has 0 amide bonds. The number of methoxy groups -OCH3 is 1. The van der Waals surface area contributed by atoms with Crippen molar-refractivity contribution in [1.29, 1.82) is 0 Å². The fourth-order valence-electron chi connectivity index (χ4n) is 3.43. The van der Waals surface area contributed by atoms with Gasteiger partial charge in [0.05, 0.1) is 25.0 Å². The minimum atomic E-state index is -0.214. The van der Waals surface area contributed by atoms with E-state index in [1.807, 2.05) is 30.3 Å². The molecule has 148 valence electrons. The van der Waals surface area contributed by atoms with E-state index in [1.165, 1.54) is 15.0 Å². The summed E-state index contributed by atoms with van der Waals surface area (Å²) in [6.45, 7) is 0.190. The number of hydrogen-bond donors (Lipinski definition) is 0. The first-order chi connectivity index (χ1) is 14.6. The van der Waals surface area contributed by atoms with Crippen LogP contribution >= 0.6 is 0 Å². The molecule has 0 N–H and O–H groups in total. The molecule has 0 spiro atoms. The van der Waals surface area contributed by atoms with Crippen LogP contribution in [0.4, 0.5) is 0 Å². The van der Waals surface area contributed by atoms with Crippen molar-refractivity contribution in [1.82, 2.24) is 23.6 Å². The summed E-state index contributed by atoms with van der Waals surface area (Å²) in [5.41, 5.74) is 2.62. The first-order valence-electron chi connectivity index (χ1n) is 9.33. The SMILES string of the molecule is COc1cccc(-c2cc3c(=O)n(Cc4cc(=O)n5ccccc5n4)ccn3n2)c1. The van der Waals surface area contributed by atoms with Crippen LogP contribution in [0.2, 0.25) is 0 Å². The molecule has 30 heavy (non-hydrogen) atoms. The second-order valence-corrected chi connectivity index (χ2v) is 6.84. The maximum atomic E-state index is 13.0. The quantitative estimate of drug-likeness (QED) is 0.463. The van der Waals surface area contributed by atoms with Gasteiger partial charge in [-0.2, -0.15) is 5.10 Å². The summed E-state index contributed by atoms with van der Waals surface area (Å²) in [5.74, 6) is 0.718. The van der Waals surface area contributed by atoms with E-state index in [9.17, 15) is 9.59 Å². The molecule has 0 atom stereocenters. The Morgan fingerprint density at radius 1 is 0.967 bits per heavy atom. The van der Waals surface area contributed by atoms with Gasteiger partial charge < -0.3 is 9.30 Å². The first-order valence-corrected chi connectivity index (χ1v) is 9.33. The van der Waals surface area contributed by atoms with E-state index in [2.05, 4.69) is 10.1 Å². The normalized spacial score (nSPS) is 11.2. The number of aromatic nitrogens is 5. The molecule has 0 aliphatic heterocycles. The number of fused-ring (bicyclic) bond motifs is 2. The van der Waals surface area contributed by atoms with Crippen molar-refractivity contribution in [3.63, 3.8) is 0 Å².